The van der Waals surface area contributed by atoms with Gasteiger partial charge < -0.3 is 20.1 Å². The van der Waals surface area contributed by atoms with Crippen molar-refractivity contribution in [2.75, 3.05) is 6.61 Å². The van der Waals surface area contributed by atoms with Gasteiger partial charge in [-0.15, -0.1) is 13.2 Å². The third-order valence-corrected chi connectivity index (χ3v) is 5.45. The highest BCUT2D eigenvalue weighted by Crippen LogP contribution is 2.28. The van der Waals surface area contributed by atoms with Crippen molar-refractivity contribution in [3.05, 3.63) is 99.6 Å². The fraction of sp³-hybridized carbons (Fsp3) is 0.261. The molecule has 0 bridgehead atoms. The molecule has 9 nitrogen and oxygen atoms in total. The molecule has 1 saturated heterocycles. The van der Waals surface area contributed by atoms with Crippen LogP contribution < -0.4 is 11.2 Å². The Morgan fingerprint density at radius 1 is 1.03 bits per heavy atom. The molecule has 1 fully saturated rings. The van der Waals surface area contributed by atoms with Crippen LogP contribution in [0.1, 0.15) is 11.9 Å². The van der Waals surface area contributed by atoms with Crippen molar-refractivity contribution in [1.29, 1.82) is 0 Å². The minimum atomic E-state index is -1.44. The molecule has 2 aromatic heterocycles. The van der Waals surface area contributed by atoms with Gasteiger partial charge in [-0.3, -0.25) is 18.9 Å². The lowest BCUT2D eigenvalue weighted by Crippen LogP contribution is -2.43. The summed E-state index contributed by atoms with van der Waals surface area (Å²) >= 11 is 5.93. The van der Waals surface area contributed by atoms with Crippen molar-refractivity contribution in [3.63, 3.8) is 0 Å². The van der Waals surface area contributed by atoms with E-state index >= 15 is 0 Å². The van der Waals surface area contributed by atoms with Crippen LogP contribution in [0.5, 0.6) is 0 Å². The van der Waals surface area contributed by atoms with E-state index in [2.05, 4.69) is 18.1 Å². The van der Waals surface area contributed by atoms with Crippen LogP contribution in [0.3, 0.4) is 0 Å². The molecule has 0 saturated carbocycles. The predicted octanol–water partition coefficient (Wildman–Crippen LogP) is 1.19. The molecule has 4 atom stereocenters. The Kier molecular flexibility index (Phi) is 7.96. The van der Waals surface area contributed by atoms with Crippen molar-refractivity contribution < 1.29 is 20.1 Å². The van der Waals surface area contributed by atoms with E-state index in [1.807, 2.05) is 12.1 Å². The SMILES string of the molecule is C=C.O=c1ccn(C2OC(CO)C(O)C2O)c(=O)n1Cc1cc(-c2ccc(Cl)cc2)ccn1. The fourth-order valence-electron chi connectivity index (χ4n) is 3.53. The minimum absolute atomic E-state index is 0.102. The van der Waals surface area contributed by atoms with Gasteiger partial charge in [0.25, 0.3) is 5.56 Å². The van der Waals surface area contributed by atoms with Crippen LogP contribution in [0.15, 0.2) is 77.6 Å². The van der Waals surface area contributed by atoms with Gasteiger partial charge in [-0.25, -0.2) is 4.79 Å². The molecule has 0 spiro atoms. The molecule has 33 heavy (non-hydrogen) atoms. The monoisotopic (exact) mass is 473 g/mol. The Morgan fingerprint density at radius 2 is 1.73 bits per heavy atom. The Morgan fingerprint density at radius 3 is 2.36 bits per heavy atom. The van der Waals surface area contributed by atoms with Crippen LogP contribution in [-0.4, -0.2) is 54.4 Å². The summed E-state index contributed by atoms with van der Waals surface area (Å²) in [5, 5.41) is 30.0. The van der Waals surface area contributed by atoms with Crippen LogP contribution in [-0.2, 0) is 11.3 Å². The highest BCUT2D eigenvalue weighted by atomic mass is 35.5. The second kappa shape index (κ2) is 10.7. The van der Waals surface area contributed by atoms with Crippen LogP contribution in [0.2, 0.25) is 5.02 Å². The van der Waals surface area contributed by atoms with E-state index in [1.165, 1.54) is 12.3 Å². The van der Waals surface area contributed by atoms with Crippen molar-refractivity contribution in [2.24, 2.45) is 0 Å². The number of hydrogen-bond donors (Lipinski definition) is 3. The molecule has 3 heterocycles. The van der Waals surface area contributed by atoms with E-state index in [9.17, 15) is 24.9 Å². The first kappa shape index (κ1) is 24.6. The van der Waals surface area contributed by atoms with Crippen LogP contribution >= 0.6 is 11.6 Å². The second-order valence-electron chi connectivity index (χ2n) is 7.20. The van der Waals surface area contributed by atoms with Gasteiger partial charge in [0.05, 0.1) is 18.8 Å². The lowest BCUT2D eigenvalue weighted by atomic mass is 10.1. The highest BCUT2D eigenvalue weighted by molar-refractivity contribution is 6.30. The maximum Gasteiger partial charge on any atom is 0.333 e. The molecule has 0 aliphatic carbocycles. The summed E-state index contributed by atoms with van der Waals surface area (Å²) in [7, 11) is 0. The topological polar surface area (TPSA) is 127 Å². The zero-order chi connectivity index (χ0) is 24.1. The summed E-state index contributed by atoms with van der Waals surface area (Å²) in [6, 6.07) is 12.0. The number of nitrogens with zero attached hydrogens (tertiary/aromatic N) is 3. The summed E-state index contributed by atoms with van der Waals surface area (Å²) in [6.45, 7) is 5.37. The Hall–Kier alpha value is -3.08. The van der Waals surface area contributed by atoms with Gasteiger partial charge in [0.1, 0.15) is 18.3 Å². The van der Waals surface area contributed by atoms with Gasteiger partial charge in [0, 0.05) is 23.5 Å². The van der Waals surface area contributed by atoms with E-state index < -0.39 is 42.4 Å². The molecule has 1 aliphatic rings. The normalized spacial score (nSPS) is 21.9. The Labute approximate surface area is 194 Å². The van der Waals surface area contributed by atoms with E-state index in [0.717, 1.165) is 20.3 Å². The number of halogens is 1. The Bertz CT molecular complexity index is 1210. The van der Waals surface area contributed by atoms with Crippen LogP contribution in [0.25, 0.3) is 11.1 Å². The molecule has 10 heteroatoms. The summed E-state index contributed by atoms with van der Waals surface area (Å²) < 4.78 is 7.39. The molecule has 1 aromatic carbocycles. The van der Waals surface area contributed by atoms with E-state index in [0.29, 0.717) is 10.7 Å². The number of aliphatic hydroxyl groups excluding tert-OH is 3. The summed E-state index contributed by atoms with van der Waals surface area (Å²) in [4.78, 5) is 29.6. The van der Waals surface area contributed by atoms with E-state index in [1.54, 1.807) is 30.5 Å². The molecule has 0 amide bonds. The lowest BCUT2D eigenvalue weighted by Gasteiger charge is -2.18. The number of aromatic nitrogens is 3. The molecule has 3 N–H and O–H groups in total. The number of hydrogen-bond acceptors (Lipinski definition) is 7. The molecule has 4 rings (SSSR count). The fourth-order valence-corrected chi connectivity index (χ4v) is 3.66. The van der Waals surface area contributed by atoms with Gasteiger partial charge in [-0.05, 0) is 35.4 Å². The smallest absolute Gasteiger partial charge is 0.333 e. The third kappa shape index (κ3) is 5.13. The average molecular weight is 474 g/mol. The highest BCUT2D eigenvalue weighted by Gasteiger charge is 2.43. The standard InChI is InChI=1S/C21H20ClN3O6.C2H4/c22-14-3-1-12(2-4-14)13-5-7-23-15(9-13)10-25-17(27)6-8-24(21(25)30)20-19(29)18(28)16(11-26)31-20;1-2/h1-9,16,18-20,26,28-29H,10-11H2;1-2H2. The first-order valence-electron chi connectivity index (χ1n) is 10.0. The van der Waals surface area contributed by atoms with Crippen LogP contribution in [0.4, 0.5) is 0 Å². The molecule has 3 aromatic rings. The largest absolute Gasteiger partial charge is 0.394 e. The number of rotatable bonds is 5. The van der Waals surface area contributed by atoms with E-state index in [-0.39, 0.29) is 6.54 Å². The quantitative estimate of drug-likeness (QED) is 0.475. The van der Waals surface area contributed by atoms with Gasteiger partial charge >= 0.3 is 5.69 Å². The molecule has 4 unspecified atom stereocenters. The Balaban J connectivity index is 0.00000149. The van der Waals surface area contributed by atoms with Gasteiger partial charge in [-0.1, -0.05) is 23.7 Å². The third-order valence-electron chi connectivity index (χ3n) is 5.20. The number of benzene rings is 1. The summed E-state index contributed by atoms with van der Waals surface area (Å²) in [6.07, 6.45) is -2.30. The zero-order valence-electron chi connectivity index (χ0n) is 17.6. The zero-order valence-corrected chi connectivity index (χ0v) is 18.4. The lowest BCUT2D eigenvalue weighted by molar-refractivity contribution is -0.0555. The number of aliphatic hydroxyl groups is 3. The maximum absolute atomic E-state index is 13.0. The van der Waals surface area contributed by atoms with Crippen molar-refractivity contribution >= 4 is 11.6 Å². The van der Waals surface area contributed by atoms with Crippen molar-refractivity contribution in [2.45, 2.75) is 31.1 Å². The van der Waals surface area contributed by atoms with Crippen molar-refractivity contribution in [3.8, 4) is 11.1 Å². The number of pyridine rings is 1. The average Bonchev–Trinajstić information content (AvgIpc) is 3.12. The first-order chi connectivity index (χ1) is 15.9. The first-order valence-corrected chi connectivity index (χ1v) is 10.4. The van der Waals surface area contributed by atoms with Gasteiger partial charge in [0.2, 0.25) is 0 Å². The summed E-state index contributed by atoms with van der Waals surface area (Å²) in [5.41, 5.74) is 0.935. The second-order valence-corrected chi connectivity index (χ2v) is 7.64. The minimum Gasteiger partial charge on any atom is -0.394 e. The molecule has 1 aliphatic heterocycles. The van der Waals surface area contributed by atoms with E-state index in [4.69, 9.17) is 16.3 Å². The molecular formula is C23H24ClN3O6. The van der Waals surface area contributed by atoms with Gasteiger partial charge in [0.15, 0.2) is 6.23 Å². The summed E-state index contributed by atoms with van der Waals surface area (Å²) in [5.74, 6) is 0. The van der Waals surface area contributed by atoms with Crippen molar-refractivity contribution in [1.82, 2.24) is 14.1 Å². The number of ether oxygens (including phenoxy) is 1. The molecular weight excluding hydrogens is 450 g/mol. The van der Waals surface area contributed by atoms with Crippen LogP contribution in [0, 0.1) is 0 Å². The molecule has 174 valence electrons. The maximum atomic E-state index is 13.0. The predicted molar refractivity (Wildman–Crippen MR) is 123 cm³/mol. The van der Waals surface area contributed by atoms with Gasteiger partial charge in [-0.2, -0.15) is 0 Å². The molecule has 0 radical (unpaired) electrons.